The van der Waals surface area contributed by atoms with Gasteiger partial charge in [0, 0.05) is 27.0 Å². The number of anilines is 2. The number of carbonyl (C=O) groups is 2. The maximum absolute atomic E-state index is 13.7. The molecular formula is C30H26Cl2N4O3S. The summed E-state index contributed by atoms with van der Waals surface area (Å²) >= 11 is 13.9. The second kappa shape index (κ2) is 13.0. The number of rotatable bonds is 8. The number of hydrogen-bond donors (Lipinski definition) is 3. The first-order chi connectivity index (χ1) is 19.2. The number of thioether (sulfide) groups is 1. The molecule has 0 aliphatic carbocycles. The summed E-state index contributed by atoms with van der Waals surface area (Å²) < 4.78 is 5.38. The minimum absolute atomic E-state index is 0.0181. The molecule has 3 aromatic carbocycles. The average Bonchev–Trinajstić information content (AvgIpc) is 2.94. The van der Waals surface area contributed by atoms with E-state index in [4.69, 9.17) is 27.9 Å². The zero-order valence-electron chi connectivity index (χ0n) is 22.0. The van der Waals surface area contributed by atoms with E-state index < -0.39 is 11.8 Å². The average molecular weight is 594 g/mol. The van der Waals surface area contributed by atoms with Gasteiger partial charge < -0.3 is 20.7 Å². The van der Waals surface area contributed by atoms with Crippen LogP contribution in [-0.4, -0.2) is 24.7 Å². The molecular weight excluding hydrogens is 567 g/mol. The Morgan fingerprint density at radius 1 is 1.02 bits per heavy atom. The van der Waals surface area contributed by atoms with Crippen LogP contribution in [0.1, 0.15) is 24.0 Å². The lowest BCUT2D eigenvalue weighted by Crippen LogP contribution is -2.31. The second-order valence-corrected chi connectivity index (χ2v) is 10.7. The van der Waals surface area contributed by atoms with Crippen molar-refractivity contribution in [2.75, 3.05) is 23.5 Å². The van der Waals surface area contributed by atoms with Gasteiger partial charge in [-0.05, 0) is 55.3 Å². The second-order valence-electron chi connectivity index (χ2n) is 8.93. The van der Waals surface area contributed by atoms with E-state index in [1.807, 2.05) is 13.0 Å². The molecule has 0 fully saturated rings. The van der Waals surface area contributed by atoms with Crippen LogP contribution in [0.25, 0.3) is 0 Å². The molecule has 1 aliphatic rings. The lowest BCUT2D eigenvalue weighted by Gasteiger charge is -2.30. The quantitative estimate of drug-likeness (QED) is 0.260. The number of nitrogens with zero attached hydrogens (tertiary/aromatic N) is 1. The van der Waals surface area contributed by atoms with Gasteiger partial charge in [0.15, 0.2) is 0 Å². The van der Waals surface area contributed by atoms with Crippen molar-refractivity contribution < 1.29 is 14.3 Å². The fourth-order valence-corrected chi connectivity index (χ4v) is 5.61. The third-order valence-electron chi connectivity index (χ3n) is 6.27. The van der Waals surface area contributed by atoms with Gasteiger partial charge in [0.05, 0.1) is 41.1 Å². The van der Waals surface area contributed by atoms with Gasteiger partial charge in [-0.25, -0.2) is 0 Å². The SMILES string of the molecule is COc1ccccc1NC(=O)C1=C(C)NC(SCC(=O)Nc2ccc(C)c(Cl)c2)=C(C#N)C1c1ccccc1Cl. The molecule has 1 heterocycles. The van der Waals surface area contributed by atoms with Crippen molar-refractivity contribution in [3.8, 4) is 11.8 Å². The molecule has 204 valence electrons. The van der Waals surface area contributed by atoms with Crippen molar-refractivity contribution in [3.05, 3.63) is 110 Å². The van der Waals surface area contributed by atoms with Crippen molar-refractivity contribution in [1.82, 2.24) is 5.32 Å². The number of ether oxygens (including phenoxy) is 1. The molecule has 1 unspecified atom stereocenters. The molecule has 0 saturated heterocycles. The van der Waals surface area contributed by atoms with Gasteiger partial charge in [-0.2, -0.15) is 5.26 Å². The molecule has 10 heteroatoms. The van der Waals surface area contributed by atoms with Gasteiger partial charge in [0.1, 0.15) is 5.75 Å². The molecule has 2 amide bonds. The van der Waals surface area contributed by atoms with Crippen molar-refractivity contribution in [2.24, 2.45) is 0 Å². The summed E-state index contributed by atoms with van der Waals surface area (Å²) in [5.41, 5.74) is 3.71. The Kier molecular flexibility index (Phi) is 9.43. The Hall–Kier alpha value is -3.90. The summed E-state index contributed by atoms with van der Waals surface area (Å²) in [5, 5.41) is 20.7. The van der Waals surface area contributed by atoms with Crippen molar-refractivity contribution in [1.29, 1.82) is 5.26 Å². The van der Waals surface area contributed by atoms with E-state index in [1.54, 1.807) is 67.6 Å². The van der Waals surface area contributed by atoms with E-state index in [0.29, 0.717) is 49.0 Å². The Balaban J connectivity index is 1.65. The molecule has 3 aromatic rings. The van der Waals surface area contributed by atoms with Crippen LogP contribution in [0, 0.1) is 18.3 Å². The molecule has 4 rings (SSSR count). The number of carbonyl (C=O) groups excluding carboxylic acids is 2. The number of para-hydroxylation sites is 2. The molecule has 7 nitrogen and oxygen atoms in total. The maximum Gasteiger partial charge on any atom is 0.254 e. The van der Waals surface area contributed by atoms with E-state index in [0.717, 1.165) is 5.56 Å². The number of allylic oxidation sites excluding steroid dienone is 2. The van der Waals surface area contributed by atoms with Crippen molar-refractivity contribution >= 4 is 58.2 Å². The lowest BCUT2D eigenvalue weighted by atomic mass is 9.82. The van der Waals surface area contributed by atoms with Crippen molar-refractivity contribution in [3.63, 3.8) is 0 Å². The zero-order chi connectivity index (χ0) is 28.8. The van der Waals surface area contributed by atoms with E-state index in [9.17, 15) is 14.9 Å². The number of nitriles is 1. The van der Waals surface area contributed by atoms with Crippen LogP contribution < -0.4 is 20.7 Å². The smallest absolute Gasteiger partial charge is 0.254 e. The van der Waals surface area contributed by atoms with Crippen LogP contribution >= 0.6 is 35.0 Å². The van der Waals surface area contributed by atoms with Gasteiger partial charge in [0.25, 0.3) is 5.91 Å². The lowest BCUT2D eigenvalue weighted by molar-refractivity contribution is -0.114. The number of benzene rings is 3. The highest BCUT2D eigenvalue weighted by molar-refractivity contribution is 8.03. The zero-order valence-corrected chi connectivity index (χ0v) is 24.3. The Morgan fingerprint density at radius 2 is 1.75 bits per heavy atom. The number of nitrogens with one attached hydrogen (secondary N) is 3. The number of aryl methyl sites for hydroxylation is 1. The molecule has 3 N–H and O–H groups in total. The minimum Gasteiger partial charge on any atom is -0.495 e. The molecule has 0 radical (unpaired) electrons. The van der Waals surface area contributed by atoms with Crippen LogP contribution in [-0.2, 0) is 9.59 Å². The Bertz CT molecular complexity index is 1580. The summed E-state index contributed by atoms with van der Waals surface area (Å²) in [6.07, 6.45) is 0. The molecule has 0 aromatic heterocycles. The fourth-order valence-electron chi connectivity index (χ4n) is 4.29. The van der Waals surface area contributed by atoms with Gasteiger partial charge in [-0.1, -0.05) is 71.4 Å². The normalized spacial score (nSPS) is 14.8. The fraction of sp³-hybridized carbons (Fsp3) is 0.167. The summed E-state index contributed by atoms with van der Waals surface area (Å²) in [6, 6.07) is 21.7. The Labute approximate surface area is 247 Å². The molecule has 0 bridgehead atoms. The van der Waals surface area contributed by atoms with Gasteiger partial charge in [-0.15, -0.1) is 0 Å². The maximum atomic E-state index is 13.7. The summed E-state index contributed by atoms with van der Waals surface area (Å²) in [4.78, 5) is 26.5. The summed E-state index contributed by atoms with van der Waals surface area (Å²) in [6.45, 7) is 3.63. The number of halogens is 2. The van der Waals surface area contributed by atoms with E-state index in [2.05, 4.69) is 22.0 Å². The van der Waals surface area contributed by atoms with Gasteiger partial charge >= 0.3 is 0 Å². The molecule has 0 saturated carbocycles. The first kappa shape index (κ1) is 29.1. The number of methoxy groups -OCH3 is 1. The van der Waals surface area contributed by atoms with E-state index in [-0.39, 0.29) is 17.2 Å². The number of amides is 2. The third-order valence-corrected chi connectivity index (χ3v) is 8.04. The first-order valence-corrected chi connectivity index (χ1v) is 14.0. The molecule has 0 spiro atoms. The minimum atomic E-state index is -0.767. The summed E-state index contributed by atoms with van der Waals surface area (Å²) in [5.74, 6) is -0.932. The Morgan fingerprint density at radius 3 is 2.45 bits per heavy atom. The van der Waals surface area contributed by atoms with Gasteiger partial charge in [-0.3, -0.25) is 9.59 Å². The van der Waals surface area contributed by atoms with Crippen molar-refractivity contribution in [2.45, 2.75) is 19.8 Å². The van der Waals surface area contributed by atoms with Crippen LogP contribution in [0.3, 0.4) is 0 Å². The largest absolute Gasteiger partial charge is 0.495 e. The third kappa shape index (κ3) is 6.45. The van der Waals surface area contributed by atoms with Crippen LogP contribution in [0.2, 0.25) is 10.0 Å². The highest BCUT2D eigenvalue weighted by Crippen LogP contribution is 2.43. The highest BCUT2D eigenvalue weighted by Gasteiger charge is 2.36. The monoisotopic (exact) mass is 592 g/mol. The van der Waals surface area contributed by atoms with E-state index >= 15 is 0 Å². The van der Waals surface area contributed by atoms with E-state index in [1.165, 1.54) is 18.9 Å². The van der Waals surface area contributed by atoms with Crippen LogP contribution in [0.5, 0.6) is 5.75 Å². The number of hydrogen-bond acceptors (Lipinski definition) is 6. The predicted molar refractivity (Wildman–Crippen MR) is 162 cm³/mol. The van der Waals surface area contributed by atoms with Crippen LogP contribution in [0.4, 0.5) is 11.4 Å². The number of dihydropyridines is 1. The summed E-state index contributed by atoms with van der Waals surface area (Å²) in [7, 11) is 1.52. The predicted octanol–water partition coefficient (Wildman–Crippen LogP) is 7.02. The standard InChI is InChI=1S/C30H26Cl2N4O3S/c1-17-12-13-19(14-23(17)32)35-26(37)16-40-30-21(15-33)28(20-8-4-5-9-22(20)31)27(18(2)34-30)29(38)36-24-10-6-7-11-25(24)39-3/h4-14,28,34H,16H2,1-3H3,(H,35,37)(H,36,38). The van der Waals surface area contributed by atoms with Crippen LogP contribution in [0.15, 0.2) is 88.6 Å². The first-order valence-electron chi connectivity index (χ1n) is 12.2. The van der Waals surface area contributed by atoms with Gasteiger partial charge in [0.2, 0.25) is 5.91 Å². The highest BCUT2D eigenvalue weighted by atomic mass is 35.5. The molecule has 1 atom stereocenters. The topological polar surface area (TPSA) is 103 Å². The molecule has 1 aliphatic heterocycles. The molecule has 40 heavy (non-hydrogen) atoms.